The summed E-state index contributed by atoms with van der Waals surface area (Å²) in [5, 5.41) is 14.6. The molecule has 0 radical (unpaired) electrons. The van der Waals surface area contributed by atoms with Gasteiger partial charge in [-0.05, 0) is 17.7 Å². The smallest absolute Gasteiger partial charge is 0.244 e. The maximum Gasteiger partial charge on any atom is 0.244 e. The SMILES string of the molecule is Fc1ccccc1CNc1cnnc(NCc2ccccc2Cl)n1. The molecule has 122 valence electrons. The van der Waals surface area contributed by atoms with Crippen molar-refractivity contribution in [3.05, 3.63) is 76.7 Å². The Balaban J connectivity index is 1.62. The van der Waals surface area contributed by atoms with Crippen LogP contribution in [0.4, 0.5) is 16.2 Å². The van der Waals surface area contributed by atoms with Crippen LogP contribution in [0.15, 0.2) is 54.7 Å². The second kappa shape index (κ2) is 7.70. The van der Waals surface area contributed by atoms with Crippen molar-refractivity contribution < 1.29 is 4.39 Å². The van der Waals surface area contributed by atoms with Gasteiger partial charge in [-0.15, -0.1) is 5.10 Å². The van der Waals surface area contributed by atoms with Crippen LogP contribution in [0.1, 0.15) is 11.1 Å². The van der Waals surface area contributed by atoms with Crippen molar-refractivity contribution in [2.75, 3.05) is 10.6 Å². The molecule has 0 fully saturated rings. The summed E-state index contributed by atoms with van der Waals surface area (Å²) in [5.74, 6) is 0.618. The predicted molar refractivity (Wildman–Crippen MR) is 92.3 cm³/mol. The van der Waals surface area contributed by atoms with E-state index in [1.807, 2.05) is 24.3 Å². The Kier molecular flexibility index (Phi) is 5.18. The number of aromatic nitrogens is 3. The van der Waals surface area contributed by atoms with Crippen LogP contribution in [0.25, 0.3) is 0 Å². The first-order valence-electron chi connectivity index (χ1n) is 7.36. The van der Waals surface area contributed by atoms with Gasteiger partial charge in [0.1, 0.15) is 5.82 Å². The second-order valence-corrected chi connectivity index (χ2v) is 5.46. The lowest BCUT2D eigenvalue weighted by Gasteiger charge is -2.09. The summed E-state index contributed by atoms with van der Waals surface area (Å²) in [5.41, 5.74) is 1.49. The molecular formula is C17H15ClFN5. The number of hydrogen-bond acceptors (Lipinski definition) is 5. The molecule has 0 bridgehead atoms. The molecule has 3 rings (SSSR count). The normalized spacial score (nSPS) is 10.4. The van der Waals surface area contributed by atoms with E-state index >= 15 is 0 Å². The molecular weight excluding hydrogens is 329 g/mol. The molecule has 0 saturated carbocycles. The van der Waals surface area contributed by atoms with Crippen LogP contribution in [-0.4, -0.2) is 15.2 Å². The highest BCUT2D eigenvalue weighted by Crippen LogP contribution is 2.16. The van der Waals surface area contributed by atoms with Crippen molar-refractivity contribution in [3.8, 4) is 0 Å². The average Bonchev–Trinajstić information content (AvgIpc) is 2.61. The lowest BCUT2D eigenvalue weighted by molar-refractivity contribution is 0.613. The molecule has 0 saturated heterocycles. The lowest BCUT2D eigenvalue weighted by Crippen LogP contribution is -2.08. The first kappa shape index (κ1) is 16.1. The Labute approximate surface area is 143 Å². The number of rotatable bonds is 6. The predicted octanol–water partition coefficient (Wildman–Crippen LogP) is 3.89. The van der Waals surface area contributed by atoms with E-state index in [-0.39, 0.29) is 5.82 Å². The van der Waals surface area contributed by atoms with Crippen molar-refractivity contribution in [1.29, 1.82) is 0 Å². The molecule has 0 aliphatic rings. The van der Waals surface area contributed by atoms with Gasteiger partial charge in [-0.25, -0.2) is 4.39 Å². The van der Waals surface area contributed by atoms with Crippen molar-refractivity contribution >= 4 is 23.4 Å². The van der Waals surface area contributed by atoms with Gasteiger partial charge in [-0.3, -0.25) is 0 Å². The zero-order chi connectivity index (χ0) is 16.8. The maximum absolute atomic E-state index is 13.6. The van der Waals surface area contributed by atoms with E-state index < -0.39 is 0 Å². The third kappa shape index (κ3) is 4.17. The summed E-state index contributed by atoms with van der Waals surface area (Å²) in [7, 11) is 0. The fourth-order valence-electron chi connectivity index (χ4n) is 2.11. The van der Waals surface area contributed by atoms with Crippen LogP contribution in [0.5, 0.6) is 0 Å². The number of nitrogens with one attached hydrogen (secondary N) is 2. The molecule has 0 spiro atoms. The van der Waals surface area contributed by atoms with Crippen LogP contribution in [0, 0.1) is 5.82 Å². The minimum absolute atomic E-state index is 0.260. The monoisotopic (exact) mass is 343 g/mol. The van der Waals surface area contributed by atoms with E-state index in [2.05, 4.69) is 25.8 Å². The van der Waals surface area contributed by atoms with Gasteiger partial charge < -0.3 is 10.6 Å². The molecule has 0 aliphatic carbocycles. The van der Waals surface area contributed by atoms with Crippen molar-refractivity contribution in [2.45, 2.75) is 13.1 Å². The van der Waals surface area contributed by atoms with Crippen LogP contribution >= 0.6 is 11.6 Å². The molecule has 2 N–H and O–H groups in total. The van der Waals surface area contributed by atoms with Crippen molar-refractivity contribution in [2.24, 2.45) is 0 Å². The van der Waals surface area contributed by atoms with Gasteiger partial charge in [-0.1, -0.05) is 48.0 Å². The zero-order valence-electron chi connectivity index (χ0n) is 12.7. The summed E-state index contributed by atoms with van der Waals surface area (Å²) in [6.07, 6.45) is 1.49. The summed E-state index contributed by atoms with van der Waals surface area (Å²) in [4.78, 5) is 4.30. The Morgan fingerprint density at radius 2 is 1.62 bits per heavy atom. The molecule has 2 aromatic carbocycles. The van der Waals surface area contributed by atoms with Gasteiger partial charge in [0.2, 0.25) is 5.95 Å². The average molecular weight is 344 g/mol. The van der Waals surface area contributed by atoms with E-state index in [0.717, 1.165) is 5.56 Å². The lowest BCUT2D eigenvalue weighted by atomic mass is 10.2. The topological polar surface area (TPSA) is 62.7 Å². The van der Waals surface area contributed by atoms with E-state index in [1.165, 1.54) is 12.3 Å². The molecule has 0 unspecified atom stereocenters. The second-order valence-electron chi connectivity index (χ2n) is 5.06. The van der Waals surface area contributed by atoms with E-state index in [1.54, 1.807) is 18.2 Å². The zero-order valence-corrected chi connectivity index (χ0v) is 13.5. The summed E-state index contributed by atoms with van der Waals surface area (Å²) in [6, 6.07) is 14.1. The number of hydrogen-bond donors (Lipinski definition) is 2. The highest BCUT2D eigenvalue weighted by Gasteiger charge is 2.04. The third-order valence-corrected chi connectivity index (χ3v) is 3.74. The molecule has 3 aromatic rings. The Morgan fingerprint density at radius 1 is 0.917 bits per heavy atom. The van der Waals surface area contributed by atoms with Crippen LogP contribution in [0.2, 0.25) is 5.02 Å². The fourth-order valence-corrected chi connectivity index (χ4v) is 2.31. The van der Waals surface area contributed by atoms with E-state index in [4.69, 9.17) is 11.6 Å². The first-order chi connectivity index (χ1) is 11.7. The molecule has 1 aromatic heterocycles. The molecule has 0 atom stereocenters. The minimum atomic E-state index is -0.260. The largest absolute Gasteiger partial charge is 0.364 e. The van der Waals surface area contributed by atoms with Crippen molar-refractivity contribution in [3.63, 3.8) is 0 Å². The van der Waals surface area contributed by atoms with Gasteiger partial charge in [0.05, 0.1) is 6.20 Å². The maximum atomic E-state index is 13.6. The summed E-state index contributed by atoms with van der Waals surface area (Å²) >= 11 is 6.11. The number of nitrogens with zero attached hydrogens (tertiary/aromatic N) is 3. The van der Waals surface area contributed by atoms with Crippen LogP contribution in [0.3, 0.4) is 0 Å². The van der Waals surface area contributed by atoms with E-state index in [9.17, 15) is 4.39 Å². The minimum Gasteiger partial charge on any atom is -0.364 e. The van der Waals surface area contributed by atoms with Gasteiger partial charge in [-0.2, -0.15) is 10.1 Å². The molecule has 0 amide bonds. The highest BCUT2D eigenvalue weighted by molar-refractivity contribution is 6.31. The third-order valence-electron chi connectivity index (χ3n) is 3.37. The van der Waals surface area contributed by atoms with Crippen LogP contribution < -0.4 is 10.6 Å². The quantitative estimate of drug-likeness (QED) is 0.711. The highest BCUT2D eigenvalue weighted by atomic mass is 35.5. The molecule has 5 nitrogen and oxygen atoms in total. The fraction of sp³-hybridized carbons (Fsp3) is 0.118. The number of halogens is 2. The molecule has 24 heavy (non-hydrogen) atoms. The Morgan fingerprint density at radius 3 is 2.42 bits per heavy atom. The molecule has 7 heteroatoms. The standard InChI is InChI=1S/C17H15ClFN5/c18-14-7-3-1-5-12(14)9-21-17-23-16(11-22-24-17)20-10-13-6-2-4-8-15(13)19/h1-8,11H,9-10H2,(H2,20,21,23,24). The molecule has 0 aliphatic heterocycles. The van der Waals surface area contributed by atoms with Gasteiger partial charge in [0.15, 0.2) is 5.82 Å². The van der Waals surface area contributed by atoms with Gasteiger partial charge in [0, 0.05) is 23.7 Å². The van der Waals surface area contributed by atoms with Crippen molar-refractivity contribution in [1.82, 2.24) is 15.2 Å². The Hall–Kier alpha value is -2.73. The summed E-state index contributed by atoms with van der Waals surface area (Å²) in [6.45, 7) is 0.799. The van der Waals surface area contributed by atoms with Gasteiger partial charge in [0.25, 0.3) is 0 Å². The van der Waals surface area contributed by atoms with E-state index in [0.29, 0.717) is 35.4 Å². The summed E-state index contributed by atoms with van der Waals surface area (Å²) < 4.78 is 13.6. The first-order valence-corrected chi connectivity index (χ1v) is 7.74. The van der Waals surface area contributed by atoms with Gasteiger partial charge >= 0.3 is 0 Å². The number of benzene rings is 2. The Bertz CT molecular complexity index is 763. The van der Waals surface area contributed by atoms with Crippen LogP contribution in [-0.2, 0) is 13.1 Å². The number of anilines is 2. The molecule has 1 heterocycles.